The highest BCUT2D eigenvalue weighted by Crippen LogP contribution is 2.23. The summed E-state index contributed by atoms with van der Waals surface area (Å²) in [6.45, 7) is 6.43. The van der Waals surface area contributed by atoms with Gasteiger partial charge in [-0.1, -0.05) is 12.1 Å². The molecule has 186 valence electrons. The van der Waals surface area contributed by atoms with Crippen molar-refractivity contribution in [2.24, 2.45) is 0 Å². The van der Waals surface area contributed by atoms with Crippen molar-refractivity contribution < 1.29 is 18.3 Å². The lowest BCUT2D eigenvalue weighted by Crippen LogP contribution is -2.47. The normalized spacial score (nSPS) is 19.3. The Labute approximate surface area is 204 Å². The summed E-state index contributed by atoms with van der Waals surface area (Å²) in [6, 6.07) is 10.7. The number of H-pyrrole nitrogens is 1. The van der Waals surface area contributed by atoms with E-state index in [9.17, 15) is 13.6 Å². The Kier molecular flexibility index (Phi) is 7.29. The highest BCUT2D eigenvalue weighted by atomic mass is 19.2. The Hall–Kier alpha value is -2.97. The van der Waals surface area contributed by atoms with Gasteiger partial charge in [0.2, 0.25) is 0 Å². The first kappa shape index (κ1) is 23.8. The number of halogens is 2. The molecule has 0 bridgehead atoms. The predicted molar refractivity (Wildman–Crippen MR) is 132 cm³/mol. The topological polar surface area (TPSA) is 60.6 Å². The minimum atomic E-state index is -0.787. The Morgan fingerprint density at radius 1 is 0.914 bits per heavy atom. The van der Waals surface area contributed by atoms with Gasteiger partial charge in [0.1, 0.15) is 6.61 Å². The molecule has 0 spiro atoms. The number of ether oxygens (including phenoxy) is 1. The van der Waals surface area contributed by atoms with Gasteiger partial charge in [-0.3, -0.25) is 0 Å². The Morgan fingerprint density at radius 3 is 2.43 bits per heavy atom. The Bertz CT molecular complexity index is 1170. The van der Waals surface area contributed by atoms with Gasteiger partial charge in [-0.2, -0.15) is 0 Å². The molecule has 0 radical (unpaired) electrons. The van der Waals surface area contributed by atoms with Gasteiger partial charge in [-0.05, 0) is 73.2 Å². The first-order valence-corrected chi connectivity index (χ1v) is 12.4. The Morgan fingerprint density at radius 2 is 1.69 bits per heavy atom. The lowest BCUT2D eigenvalue weighted by Gasteiger charge is -2.34. The largest absolute Gasteiger partial charge is 0.447 e. The van der Waals surface area contributed by atoms with E-state index in [4.69, 9.17) is 4.74 Å². The van der Waals surface area contributed by atoms with Gasteiger partial charge in [-0.15, -0.1) is 0 Å². The smallest absolute Gasteiger partial charge is 0.407 e. The summed E-state index contributed by atoms with van der Waals surface area (Å²) in [5, 5.41) is 4.11. The van der Waals surface area contributed by atoms with Crippen molar-refractivity contribution in [2.75, 3.05) is 45.9 Å². The zero-order chi connectivity index (χ0) is 24.2. The fraction of sp³-hybridized carbons (Fsp3) is 0.444. The number of rotatable bonds is 9. The van der Waals surface area contributed by atoms with Crippen LogP contribution in [0, 0.1) is 11.6 Å². The number of fused-ring (bicyclic) bond motifs is 1. The van der Waals surface area contributed by atoms with Gasteiger partial charge >= 0.3 is 6.09 Å². The summed E-state index contributed by atoms with van der Waals surface area (Å²) in [6.07, 6.45) is 5.40. The Balaban J connectivity index is 1.06. The fourth-order valence-corrected chi connectivity index (χ4v) is 5.09. The van der Waals surface area contributed by atoms with Crippen LogP contribution in [0.15, 0.2) is 42.6 Å². The van der Waals surface area contributed by atoms with Crippen LogP contribution in [-0.2, 0) is 24.0 Å². The third-order valence-electron chi connectivity index (χ3n) is 7.14. The predicted octanol–water partition coefficient (Wildman–Crippen LogP) is 3.89. The number of hydrogen-bond donors (Lipinski definition) is 2. The van der Waals surface area contributed by atoms with Crippen LogP contribution in [0.25, 0.3) is 10.9 Å². The van der Waals surface area contributed by atoms with Crippen LogP contribution in [0.1, 0.15) is 23.1 Å². The molecule has 0 saturated carbocycles. The molecule has 6 nitrogen and oxygen atoms in total. The molecule has 3 heterocycles. The van der Waals surface area contributed by atoms with E-state index in [0.29, 0.717) is 6.61 Å². The van der Waals surface area contributed by atoms with Crippen LogP contribution >= 0.6 is 0 Å². The number of aromatic nitrogens is 1. The molecular formula is C27H32F2N4O2. The van der Waals surface area contributed by atoms with Crippen molar-refractivity contribution in [2.45, 2.75) is 31.7 Å². The van der Waals surface area contributed by atoms with E-state index in [1.165, 1.54) is 28.6 Å². The average Bonchev–Trinajstić information content (AvgIpc) is 3.46. The van der Waals surface area contributed by atoms with Gasteiger partial charge in [0, 0.05) is 49.8 Å². The standard InChI is InChI=1S/C27H32F2N4O2/c28-24-5-3-19(16-25(24)29)7-9-33-12-10-32(11-13-33)8-1-2-21-17-30-26-6-4-20(15-23(21)26)14-22-18-35-27(34)31-22/h3-6,15-17,22,30H,1-2,7-14,18H2,(H,31,34). The van der Waals surface area contributed by atoms with Crippen molar-refractivity contribution in [1.29, 1.82) is 0 Å². The summed E-state index contributed by atoms with van der Waals surface area (Å²) in [5.41, 5.74) is 4.52. The fourth-order valence-electron chi connectivity index (χ4n) is 5.09. The third kappa shape index (κ3) is 6.00. The lowest BCUT2D eigenvalue weighted by molar-refractivity contribution is 0.132. The molecule has 0 aliphatic carbocycles. The molecule has 3 aromatic rings. The second-order valence-corrected chi connectivity index (χ2v) is 9.62. The monoisotopic (exact) mass is 482 g/mol. The summed E-state index contributed by atoms with van der Waals surface area (Å²) >= 11 is 0. The van der Waals surface area contributed by atoms with Crippen molar-refractivity contribution >= 4 is 17.0 Å². The molecule has 2 aromatic carbocycles. The van der Waals surface area contributed by atoms with Crippen LogP contribution in [0.2, 0.25) is 0 Å². The number of carbonyl (C=O) groups is 1. The van der Waals surface area contributed by atoms with Crippen molar-refractivity contribution in [1.82, 2.24) is 20.1 Å². The zero-order valence-corrected chi connectivity index (χ0v) is 19.9. The zero-order valence-electron chi connectivity index (χ0n) is 19.9. The van der Waals surface area contributed by atoms with Gasteiger partial charge in [-0.25, -0.2) is 13.6 Å². The molecule has 35 heavy (non-hydrogen) atoms. The molecule has 1 atom stereocenters. The summed E-state index contributed by atoms with van der Waals surface area (Å²) in [5.74, 6) is -1.56. The van der Waals surface area contributed by atoms with Gasteiger partial charge < -0.3 is 24.8 Å². The highest BCUT2D eigenvalue weighted by molar-refractivity contribution is 5.84. The van der Waals surface area contributed by atoms with Crippen LogP contribution in [0.3, 0.4) is 0 Å². The van der Waals surface area contributed by atoms with Crippen molar-refractivity contribution in [3.05, 3.63) is 70.9 Å². The van der Waals surface area contributed by atoms with E-state index in [1.807, 2.05) is 0 Å². The molecular weight excluding hydrogens is 450 g/mol. The molecule has 2 aliphatic heterocycles. The maximum atomic E-state index is 13.4. The average molecular weight is 483 g/mol. The van der Waals surface area contributed by atoms with Gasteiger partial charge in [0.25, 0.3) is 0 Å². The van der Waals surface area contributed by atoms with Crippen LogP contribution in [0.5, 0.6) is 0 Å². The number of amides is 1. The molecule has 1 aromatic heterocycles. The number of aryl methyl sites for hydroxylation is 1. The maximum absolute atomic E-state index is 13.4. The van der Waals surface area contributed by atoms with Gasteiger partial charge in [0.05, 0.1) is 6.04 Å². The quantitative estimate of drug-likeness (QED) is 0.486. The molecule has 2 N–H and O–H groups in total. The second kappa shape index (κ2) is 10.7. The number of alkyl carbamates (subject to hydrolysis) is 1. The number of piperazine rings is 1. The summed E-state index contributed by atoms with van der Waals surface area (Å²) in [4.78, 5) is 19.6. The minimum Gasteiger partial charge on any atom is -0.447 e. The number of cyclic esters (lactones) is 1. The SMILES string of the molecule is O=C1NC(Cc2ccc3[nH]cc(CCCN4CCN(CCc5ccc(F)c(F)c5)CC4)c3c2)CO1. The lowest BCUT2D eigenvalue weighted by atomic mass is 10.0. The van der Waals surface area contributed by atoms with E-state index in [2.05, 4.69) is 44.5 Å². The van der Waals surface area contributed by atoms with E-state index >= 15 is 0 Å². The molecule has 2 fully saturated rings. The van der Waals surface area contributed by atoms with Crippen LogP contribution in [-0.4, -0.2) is 72.8 Å². The highest BCUT2D eigenvalue weighted by Gasteiger charge is 2.22. The molecule has 1 unspecified atom stereocenters. The first-order chi connectivity index (χ1) is 17.0. The number of hydrogen-bond acceptors (Lipinski definition) is 4. The summed E-state index contributed by atoms with van der Waals surface area (Å²) < 4.78 is 31.5. The number of benzene rings is 2. The molecule has 2 aliphatic rings. The first-order valence-electron chi connectivity index (χ1n) is 12.4. The number of carbonyl (C=O) groups excluding carboxylic acids is 1. The van der Waals surface area contributed by atoms with E-state index < -0.39 is 11.6 Å². The molecule has 5 rings (SSSR count). The number of aromatic amines is 1. The maximum Gasteiger partial charge on any atom is 0.407 e. The number of nitrogens with one attached hydrogen (secondary N) is 2. The molecule has 1 amide bonds. The van der Waals surface area contributed by atoms with E-state index in [0.717, 1.165) is 76.0 Å². The van der Waals surface area contributed by atoms with Crippen LogP contribution < -0.4 is 5.32 Å². The van der Waals surface area contributed by atoms with Crippen LogP contribution in [0.4, 0.5) is 13.6 Å². The van der Waals surface area contributed by atoms with Gasteiger partial charge in [0.15, 0.2) is 11.6 Å². The van der Waals surface area contributed by atoms with E-state index in [1.54, 1.807) is 6.07 Å². The molecule has 8 heteroatoms. The van der Waals surface area contributed by atoms with E-state index in [-0.39, 0.29) is 12.1 Å². The summed E-state index contributed by atoms with van der Waals surface area (Å²) in [7, 11) is 0. The second-order valence-electron chi connectivity index (χ2n) is 9.62. The van der Waals surface area contributed by atoms with Crippen molar-refractivity contribution in [3.63, 3.8) is 0 Å². The van der Waals surface area contributed by atoms with Crippen molar-refractivity contribution in [3.8, 4) is 0 Å². The third-order valence-corrected chi connectivity index (χ3v) is 7.14. The number of nitrogens with zero attached hydrogens (tertiary/aromatic N) is 2. The minimum absolute atomic E-state index is 0.0397. The molecule has 2 saturated heterocycles.